The van der Waals surface area contributed by atoms with Crippen LogP contribution >= 0.6 is 11.6 Å². The number of nitrogens with zero attached hydrogens (tertiary/aromatic N) is 3. The van der Waals surface area contributed by atoms with Crippen LogP contribution in [0.2, 0.25) is 5.02 Å². The predicted molar refractivity (Wildman–Crippen MR) is 101 cm³/mol. The van der Waals surface area contributed by atoms with Gasteiger partial charge in [-0.05, 0) is 23.8 Å². The van der Waals surface area contributed by atoms with Crippen molar-refractivity contribution in [3.63, 3.8) is 0 Å². The summed E-state index contributed by atoms with van der Waals surface area (Å²) in [5.41, 5.74) is 2.18. The fourth-order valence-electron chi connectivity index (χ4n) is 2.89. The molecule has 26 heavy (non-hydrogen) atoms. The van der Waals surface area contributed by atoms with Gasteiger partial charge in [0.05, 0.1) is 11.9 Å². The zero-order valence-electron chi connectivity index (χ0n) is 14.6. The maximum absolute atomic E-state index is 12.3. The first kappa shape index (κ1) is 18.2. The van der Waals surface area contributed by atoms with E-state index in [4.69, 9.17) is 11.6 Å². The molecule has 1 aromatic carbocycles. The second-order valence-electron chi connectivity index (χ2n) is 6.17. The van der Waals surface area contributed by atoms with E-state index in [0.29, 0.717) is 30.4 Å². The van der Waals surface area contributed by atoms with Crippen LogP contribution in [0.25, 0.3) is 0 Å². The molecule has 0 saturated carbocycles. The van der Waals surface area contributed by atoms with Crippen molar-refractivity contribution in [1.82, 2.24) is 15.2 Å². The Morgan fingerprint density at radius 3 is 2.46 bits per heavy atom. The summed E-state index contributed by atoms with van der Waals surface area (Å²) in [6, 6.07) is 11.0. The van der Waals surface area contributed by atoms with Gasteiger partial charge in [0.25, 0.3) is 5.91 Å². The Bertz CT molecular complexity index is 786. The van der Waals surface area contributed by atoms with E-state index >= 15 is 0 Å². The van der Waals surface area contributed by atoms with Gasteiger partial charge in [0.15, 0.2) is 0 Å². The van der Waals surface area contributed by atoms with E-state index in [0.717, 1.165) is 24.3 Å². The van der Waals surface area contributed by atoms with E-state index in [1.807, 2.05) is 29.2 Å². The van der Waals surface area contributed by atoms with Gasteiger partial charge >= 0.3 is 0 Å². The fourth-order valence-corrected chi connectivity index (χ4v) is 3.10. The molecule has 1 fully saturated rings. The number of carbonyl (C=O) groups excluding carboxylic acids is 2. The summed E-state index contributed by atoms with van der Waals surface area (Å²) < 4.78 is 0. The van der Waals surface area contributed by atoms with Gasteiger partial charge in [0.2, 0.25) is 5.91 Å². The SMILES string of the molecule is CC(=O)N1CCN(c2ccc(C(=O)NCc3ccccc3Cl)nc2)CC1. The number of pyridine rings is 1. The minimum absolute atomic E-state index is 0.105. The molecular formula is C19H21ClN4O2. The second-order valence-corrected chi connectivity index (χ2v) is 6.58. The highest BCUT2D eigenvalue weighted by Gasteiger charge is 2.19. The topological polar surface area (TPSA) is 65.5 Å². The molecule has 136 valence electrons. The molecule has 1 saturated heterocycles. The largest absolute Gasteiger partial charge is 0.367 e. The zero-order chi connectivity index (χ0) is 18.5. The third-order valence-electron chi connectivity index (χ3n) is 4.47. The minimum Gasteiger partial charge on any atom is -0.367 e. The van der Waals surface area contributed by atoms with Crippen molar-refractivity contribution in [1.29, 1.82) is 0 Å². The molecule has 3 rings (SSSR count). The van der Waals surface area contributed by atoms with E-state index in [-0.39, 0.29) is 11.8 Å². The van der Waals surface area contributed by atoms with Crippen LogP contribution in [0.5, 0.6) is 0 Å². The molecule has 0 bridgehead atoms. The summed E-state index contributed by atoms with van der Waals surface area (Å²) in [6.07, 6.45) is 1.70. The summed E-state index contributed by atoms with van der Waals surface area (Å²) >= 11 is 6.09. The molecule has 0 spiro atoms. The lowest BCUT2D eigenvalue weighted by Crippen LogP contribution is -2.48. The molecule has 1 N–H and O–H groups in total. The minimum atomic E-state index is -0.238. The fraction of sp³-hybridized carbons (Fsp3) is 0.316. The lowest BCUT2D eigenvalue weighted by atomic mass is 10.2. The van der Waals surface area contributed by atoms with Crippen molar-refractivity contribution < 1.29 is 9.59 Å². The molecule has 1 aliphatic heterocycles. The highest BCUT2D eigenvalue weighted by molar-refractivity contribution is 6.31. The molecule has 0 atom stereocenters. The van der Waals surface area contributed by atoms with Crippen LogP contribution in [-0.2, 0) is 11.3 Å². The Labute approximate surface area is 157 Å². The normalized spacial score (nSPS) is 14.2. The number of carbonyl (C=O) groups is 2. The maximum Gasteiger partial charge on any atom is 0.270 e. The Kier molecular flexibility index (Phi) is 5.73. The van der Waals surface area contributed by atoms with E-state index in [1.165, 1.54) is 0 Å². The third-order valence-corrected chi connectivity index (χ3v) is 4.84. The second kappa shape index (κ2) is 8.19. The van der Waals surface area contributed by atoms with Gasteiger partial charge < -0.3 is 15.1 Å². The van der Waals surface area contributed by atoms with Gasteiger partial charge in [-0.25, -0.2) is 4.98 Å². The van der Waals surface area contributed by atoms with Crippen molar-refractivity contribution in [2.75, 3.05) is 31.1 Å². The van der Waals surface area contributed by atoms with Gasteiger partial charge in [-0.2, -0.15) is 0 Å². The number of piperazine rings is 1. The van der Waals surface area contributed by atoms with Crippen molar-refractivity contribution in [2.45, 2.75) is 13.5 Å². The molecule has 2 heterocycles. The van der Waals surface area contributed by atoms with Gasteiger partial charge in [0.1, 0.15) is 5.69 Å². The summed E-state index contributed by atoms with van der Waals surface area (Å²) in [5, 5.41) is 3.46. The summed E-state index contributed by atoms with van der Waals surface area (Å²) in [7, 11) is 0. The summed E-state index contributed by atoms with van der Waals surface area (Å²) in [4.78, 5) is 31.9. The van der Waals surface area contributed by atoms with E-state index < -0.39 is 0 Å². The van der Waals surface area contributed by atoms with Crippen LogP contribution in [0.4, 0.5) is 5.69 Å². The number of rotatable bonds is 4. The van der Waals surface area contributed by atoms with Crippen molar-refractivity contribution >= 4 is 29.1 Å². The number of benzene rings is 1. The molecule has 2 aromatic rings. The van der Waals surface area contributed by atoms with Crippen LogP contribution in [0, 0.1) is 0 Å². The van der Waals surface area contributed by atoms with E-state index in [1.54, 1.807) is 25.3 Å². The van der Waals surface area contributed by atoms with Crippen LogP contribution < -0.4 is 10.2 Å². The van der Waals surface area contributed by atoms with Crippen LogP contribution in [0.1, 0.15) is 23.0 Å². The van der Waals surface area contributed by atoms with Gasteiger partial charge in [0, 0.05) is 44.7 Å². The average Bonchev–Trinajstić information content (AvgIpc) is 2.67. The Balaban J connectivity index is 1.56. The first-order valence-electron chi connectivity index (χ1n) is 8.52. The molecule has 0 radical (unpaired) electrons. The number of nitrogens with one attached hydrogen (secondary N) is 1. The zero-order valence-corrected chi connectivity index (χ0v) is 15.4. The predicted octanol–water partition coefficient (Wildman–Crippen LogP) is 2.33. The van der Waals surface area contributed by atoms with Crippen LogP contribution in [-0.4, -0.2) is 47.9 Å². The Hall–Kier alpha value is -2.60. The van der Waals surface area contributed by atoms with Crippen LogP contribution in [0.3, 0.4) is 0 Å². The number of hydrogen-bond acceptors (Lipinski definition) is 4. The molecule has 0 unspecified atom stereocenters. The molecule has 6 nitrogen and oxygen atoms in total. The Morgan fingerprint density at radius 2 is 1.85 bits per heavy atom. The van der Waals surface area contributed by atoms with E-state index in [2.05, 4.69) is 15.2 Å². The number of amides is 2. The first-order chi connectivity index (χ1) is 12.5. The van der Waals surface area contributed by atoms with Gasteiger partial charge in [-0.3, -0.25) is 9.59 Å². The van der Waals surface area contributed by atoms with Gasteiger partial charge in [-0.1, -0.05) is 29.8 Å². The molecule has 2 amide bonds. The van der Waals surface area contributed by atoms with Crippen molar-refractivity contribution in [2.24, 2.45) is 0 Å². The standard InChI is InChI=1S/C19H21ClN4O2/c1-14(25)23-8-10-24(11-9-23)16-6-7-18(21-13-16)19(26)22-12-15-4-2-3-5-17(15)20/h2-7,13H,8-12H2,1H3,(H,22,26). The molecule has 7 heteroatoms. The maximum atomic E-state index is 12.3. The highest BCUT2D eigenvalue weighted by Crippen LogP contribution is 2.17. The lowest BCUT2D eigenvalue weighted by molar-refractivity contribution is -0.129. The molecule has 0 aliphatic carbocycles. The van der Waals surface area contributed by atoms with Crippen LogP contribution in [0.15, 0.2) is 42.6 Å². The number of hydrogen-bond donors (Lipinski definition) is 1. The highest BCUT2D eigenvalue weighted by atomic mass is 35.5. The monoisotopic (exact) mass is 372 g/mol. The summed E-state index contributed by atoms with van der Waals surface area (Å²) in [6.45, 7) is 4.88. The van der Waals surface area contributed by atoms with Crippen molar-refractivity contribution in [3.8, 4) is 0 Å². The molecular weight excluding hydrogens is 352 g/mol. The molecule has 1 aliphatic rings. The van der Waals surface area contributed by atoms with E-state index in [9.17, 15) is 9.59 Å². The van der Waals surface area contributed by atoms with Gasteiger partial charge in [-0.15, -0.1) is 0 Å². The number of halogens is 1. The first-order valence-corrected chi connectivity index (χ1v) is 8.90. The number of anilines is 1. The lowest BCUT2D eigenvalue weighted by Gasteiger charge is -2.35. The Morgan fingerprint density at radius 1 is 1.12 bits per heavy atom. The molecule has 1 aromatic heterocycles. The van der Waals surface area contributed by atoms with Crippen molar-refractivity contribution in [3.05, 3.63) is 58.9 Å². The smallest absolute Gasteiger partial charge is 0.270 e. The number of aromatic nitrogens is 1. The summed E-state index contributed by atoms with van der Waals surface area (Å²) in [5.74, 6) is -0.133. The third kappa shape index (κ3) is 4.32. The quantitative estimate of drug-likeness (QED) is 0.894. The average molecular weight is 373 g/mol.